The zero-order chi connectivity index (χ0) is 11.5. The highest BCUT2D eigenvalue weighted by atomic mass is 16.3. The topological polar surface area (TPSA) is 49.5 Å². The van der Waals surface area contributed by atoms with Gasteiger partial charge in [0.25, 0.3) is 0 Å². The van der Waals surface area contributed by atoms with E-state index in [4.69, 9.17) is 10.8 Å². The normalized spacial score (nSPS) is 25.4. The molecule has 3 heteroatoms. The number of nitrogens with two attached hydrogens (primary N) is 1. The van der Waals surface area contributed by atoms with E-state index < -0.39 is 5.54 Å². The number of nitrogens with zero attached hydrogens (tertiary/aromatic N) is 1. The van der Waals surface area contributed by atoms with Crippen LogP contribution in [0, 0.1) is 0 Å². The van der Waals surface area contributed by atoms with Gasteiger partial charge < -0.3 is 10.8 Å². The van der Waals surface area contributed by atoms with E-state index in [1.54, 1.807) is 0 Å². The molecule has 0 amide bonds. The Morgan fingerprint density at radius 1 is 1.47 bits per heavy atom. The van der Waals surface area contributed by atoms with Gasteiger partial charge in [-0.2, -0.15) is 0 Å². The fourth-order valence-electron chi connectivity index (χ4n) is 2.33. The molecule has 1 heterocycles. The highest BCUT2D eigenvalue weighted by Gasteiger charge is 2.31. The van der Waals surface area contributed by atoms with Gasteiger partial charge in [0.2, 0.25) is 0 Å². The summed E-state index contributed by atoms with van der Waals surface area (Å²) in [6.07, 6.45) is 4.59. The van der Waals surface area contributed by atoms with Crippen molar-refractivity contribution in [1.82, 2.24) is 4.90 Å². The van der Waals surface area contributed by atoms with Crippen LogP contribution in [0.4, 0.5) is 0 Å². The third-order valence-corrected chi connectivity index (χ3v) is 3.61. The summed E-state index contributed by atoms with van der Waals surface area (Å²) in [5, 5.41) is 9.05. The minimum absolute atomic E-state index is 0.0798. The molecule has 0 radical (unpaired) electrons. The van der Waals surface area contributed by atoms with Gasteiger partial charge in [0, 0.05) is 11.1 Å². The van der Waals surface area contributed by atoms with Gasteiger partial charge in [0.05, 0.1) is 6.61 Å². The molecular weight excluding hydrogens is 188 g/mol. The summed E-state index contributed by atoms with van der Waals surface area (Å²) in [5.41, 5.74) is 5.87. The molecule has 0 bridgehead atoms. The van der Waals surface area contributed by atoms with Crippen LogP contribution in [0.15, 0.2) is 0 Å². The zero-order valence-electron chi connectivity index (χ0n) is 10.4. The van der Waals surface area contributed by atoms with Gasteiger partial charge >= 0.3 is 0 Å². The minimum Gasteiger partial charge on any atom is -0.394 e. The van der Waals surface area contributed by atoms with Crippen LogP contribution in [0.25, 0.3) is 0 Å². The van der Waals surface area contributed by atoms with E-state index in [9.17, 15) is 0 Å². The molecule has 1 unspecified atom stereocenters. The van der Waals surface area contributed by atoms with E-state index in [-0.39, 0.29) is 6.61 Å². The molecule has 1 aliphatic heterocycles. The Hall–Kier alpha value is -0.120. The van der Waals surface area contributed by atoms with Crippen LogP contribution in [0.2, 0.25) is 0 Å². The van der Waals surface area contributed by atoms with Crippen molar-refractivity contribution in [2.75, 3.05) is 19.7 Å². The number of aliphatic hydroxyl groups excluding tert-OH is 1. The molecular formula is C12H26N2O. The van der Waals surface area contributed by atoms with Crippen LogP contribution in [0.5, 0.6) is 0 Å². The first-order chi connectivity index (χ1) is 6.87. The highest BCUT2D eigenvalue weighted by Crippen LogP contribution is 2.28. The molecule has 1 rings (SSSR count). The van der Waals surface area contributed by atoms with E-state index in [0.717, 1.165) is 19.4 Å². The van der Waals surface area contributed by atoms with Gasteiger partial charge in [0.15, 0.2) is 0 Å². The number of hydrogen-bond acceptors (Lipinski definition) is 3. The molecule has 0 aliphatic carbocycles. The van der Waals surface area contributed by atoms with Gasteiger partial charge in [-0.15, -0.1) is 0 Å². The van der Waals surface area contributed by atoms with Gasteiger partial charge in [-0.3, -0.25) is 4.90 Å². The third kappa shape index (κ3) is 3.74. The van der Waals surface area contributed by atoms with Crippen molar-refractivity contribution in [3.05, 3.63) is 0 Å². The maximum absolute atomic E-state index is 9.05. The second-order valence-electron chi connectivity index (χ2n) is 5.82. The second kappa shape index (κ2) is 4.81. The predicted octanol–water partition coefficient (Wildman–Crippen LogP) is 1.35. The number of hydrogen-bond donors (Lipinski definition) is 2. The molecule has 3 nitrogen and oxygen atoms in total. The maximum Gasteiger partial charge on any atom is 0.0608 e. The van der Waals surface area contributed by atoms with Crippen molar-refractivity contribution in [3.63, 3.8) is 0 Å². The Labute approximate surface area is 93.6 Å². The average Bonchev–Trinajstić information content (AvgIpc) is 2.46. The van der Waals surface area contributed by atoms with Gasteiger partial charge in [-0.05, 0) is 59.5 Å². The lowest BCUT2D eigenvalue weighted by molar-refractivity contribution is 0.155. The summed E-state index contributed by atoms with van der Waals surface area (Å²) >= 11 is 0. The molecule has 0 spiro atoms. The van der Waals surface area contributed by atoms with E-state index in [2.05, 4.69) is 18.7 Å². The molecule has 15 heavy (non-hydrogen) atoms. The van der Waals surface area contributed by atoms with Crippen molar-refractivity contribution in [2.24, 2.45) is 5.73 Å². The van der Waals surface area contributed by atoms with Crippen LogP contribution in [-0.2, 0) is 0 Å². The second-order valence-corrected chi connectivity index (χ2v) is 5.82. The van der Waals surface area contributed by atoms with Gasteiger partial charge in [0.1, 0.15) is 0 Å². The largest absolute Gasteiger partial charge is 0.394 e. The van der Waals surface area contributed by atoms with Crippen molar-refractivity contribution in [1.29, 1.82) is 0 Å². The average molecular weight is 214 g/mol. The van der Waals surface area contributed by atoms with Gasteiger partial charge in [-0.1, -0.05) is 0 Å². The smallest absolute Gasteiger partial charge is 0.0608 e. The Balaban J connectivity index is 2.26. The first kappa shape index (κ1) is 12.9. The van der Waals surface area contributed by atoms with E-state index in [1.165, 1.54) is 19.4 Å². The van der Waals surface area contributed by atoms with Crippen LogP contribution in [0.3, 0.4) is 0 Å². The van der Waals surface area contributed by atoms with E-state index in [1.807, 2.05) is 6.92 Å². The van der Waals surface area contributed by atoms with Gasteiger partial charge in [-0.25, -0.2) is 0 Å². The zero-order valence-corrected chi connectivity index (χ0v) is 10.4. The summed E-state index contributed by atoms with van der Waals surface area (Å²) in [6.45, 7) is 8.95. The molecule has 0 saturated carbocycles. The Kier molecular flexibility index (Phi) is 4.15. The lowest BCUT2D eigenvalue weighted by Crippen LogP contribution is -2.42. The van der Waals surface area contributed by atoms with E-state index in [0.29, 0.717) is 5.54 Å². The van der Waals surface area contributed by atoms with E-state index >= 15 is 0 Å². The highest BCUT2D eigenvalue weighted by molar-refractivity contribution is 4.88. The first-order valence-electron chi connectivity index (χ1n) is 6.02. The Morgan fingerprint density at radius 2 is 2.13 bits per heavy atom. The molecule has 0 aromatic carbocycles. The number of rotatable bonds is 5. The SMILES string of the molecule is CC(N)(CO)CCCN1CCCC1(C)C. The summed E-state index contributed by atoms with van der Waals surface area (Å²) in [6, 6.07) is 0. The van der Waals surface area contributed by atoms with Crippen LogP contribution in [0.1, 0.15) is 46.5 Å². The molecule has 3 N–H and O–H groups in total. The predicted molar refractivity (Wildman–Crippen MR) is 63.8 cm³/mol. The van der Waals surface area contributed by atoms with Crippen molar-refractivity contribution < 1.29 is 5.11 Å². The molecule has 1 fully saturated rings. The summed E-state index contributed by atoms with van der Waals surface area (Å²) in [4.78, 5) is 2.54. The number of aliphatic hydroxyl groups is 1. The third-order valence-electron chi connectivity index (χ3n) is 3.61. The minimum atomic E-state index is -0.399. The maximum atomic E-state index is 9.05. The lowest BCUT2D eigenvalue weighted by atomic mass is 9.97. The summed E-state index contributed by atoms with van der Waals surface area (Å²) < 4.78 is 0. The Bertz CT molecular complexity index is 202. The molecule has 0 aromatic heterocycles. The van der Waals surface area contributed by atoms with Crippen molar-refractivity contribution >= 4 is 0 Å². The van der Waals surface area contributed by atoms with Crippen LogP contribution >= 0.6 is 0 Å². The lowest BCUT2D eigenvalue weighted by Gasteiger charge is -2.32. The Morgan fingerprint density at radius 3 is 2.60 bits per heavy atom. The molecule has 1 atom stereocenters. The fraction of sp³-hybridized carbons (Fsp3) is 1.00. The van der Waals surface area contributed by atoms with Crippen molar-refractivity contribution in [2.45, 2.75) is 57.5 Å². The monoisotopic (exact) mass is 214 g/mol. The molecule has 1 aliphatic rings. The number of likely N-dealkylation sites (tertiary alicyclic amines) is 1. The quantitative estimate of drug-likeness (QED) is 0.726. The summed E-state index contributed by atoms with van der Waals surface area (Å²) in [7, 11) is 0. The molecule has 90 valence electrons. The molecule has 0 aromatic rings. The van der Waals surface area contributed by atoms with Crippen LogP contribution in [-0.4, -0.2) is 40.8 Å². The van der Waals surface area contributed by atoms with Crippen molar-refractivity contribution in [3.8, 4) is 0 Å². The summed E-state index contributed by atoms with van der Waals surface area (Å²) in [5.74, 6) is 0. The van der Waals surface area contributed by atoms with Crippen LogP contribution < -0.4 is 5.73 Å². The molecule has 1 saturated heterocycles. The fourth-order valence-corrected chi connectivity index (χ4v) is 2.33. The standard InChI is InChI=1S/C12H26N2O/c1-11(2)6-4-8-14(11)9-5-7-12(3,13)10-15/h15H,4-10,13H2,1-3H3. The first-order valence-corrected chi connectivity index (χ1v) is 6.02.